The normalized spacial score (nSPS) is 11.1. The first-order valence-electron chi connectivity index (χ1n) is 16.6. The van der Waals surface area contributed by atoms with Crippen LogP contribution in [0.1, 0.15) is 93.7 Å². The fourth-order valence-electron chi connectivity index (χ4n) is 4.98. The highest BCUT2D eigenvalue weighted by molar-refractivity contribution is 7.81. The number of hydrogen-bond acceptors (Lipinski definition) is 9. The van der Waals surface area contributed by atoms with Gasteiger partial charge in [0.15, 0.2) is 0 Å². The van der Waals surface area contributed by atoms with E-state index in [-0.39, 0.29) is 0 Å². The standard InChI is InChI=1S/C33H57N3S9/c37-19-7-1-13-34(14-2-8-20-38)31(43)28-25-29(32(44)35(15-3-9-21-39)16-4-10-22-40)27-30(26-28)33(45)36(17-5-11-23-41)18-6-12-24-42/h25-27,37-42H,1-24H2. The van der Waals surface area contributed by atoms with Crippen molar-refractivity contribution in [3.63, 3.8) is 0 Å². The average Bonchev–Trinajstić information content (AvgIpc) is 3.05. The van der Waals surface area contributed by atoms with E-state index in [0.717, 1.165) is 182 Å². The van der Waals surface area contributed by atoms with Crippen LogP contribution in [0.5, 0.6) is 0 Å². The molecule has 0 spiro atoms. The molecule has 3 nitrogen and oxygen atoms in total. The fourth-order valence-corrected chi connectivity index (χ4v) is 7.22. The Kier molecular flexibility index (Phi) is 28.2. The highest BCUT2D eigenvalue weighted by Crippen LogP contribution is 2.21. The van der Waals surface area contributed by atoms with Crippen LogP contribution in [0.3, 0.4) is 0 Å². The lowest BCUT2D eigenvalue weighted by Gasteiger charge is -2.30. The molecule has 0 atom stereocenters. The lowest BCUT2D eigenvalue weighted by atomic mass is 10.0. The summed E-state index contributed by atoms with van der Waals surface area (Å²) in [6.07, 6.45) is 12.7. The van der Waals surface area contributed by atoms with Gasteiger partial charge in [-0.25, -0.2) is 0 Å². The molecule has 0 heterocycles. The predicted octanol–water partition coefficient (Wildman–Crippen LogP) is 8.88. The summed E-state index contributed by atoms with van der Waals surface area (Å²) in [5, 5.41) is 0. The van der Waals surface area contributed by atoms with Gasteiger partial charge >= 0.3 is 0 Å². The molecular weight excluding hydrogens is 727 g/mol. The molecule has 0 bridgehead atoms. The van der Waals surface area contributed by atoms with E-state index >= 15 is 0 Å². The predicted molar refractivity (Wildman–Crippen MR) is 235 cm³/mol. The summed E-state index contributed by atoms with van der Waals surface area (Å²) in [5.74, 6) is 5.29. The molecule has 0 amide bonds. The molecule has 258 valence electrons. The van der Waals surface area contributed by atoms with Crippen molar-refractivity contribution in [1.29, 1.82) is 0 Å². The number of rotatable bonds is 27. The van der Waals surface area contributed by atoms with Crippen molar-refractivity contribution >= 4 is 127 Å². The first kappa shape index (κ1) is 44.0. The van der Waals surface area contributed by atoms with Crippen LogP contribution in [0.4, 0.5) is 0 Å². The number of thiocarbonyl (C=S) groups is 3. The van der Waals surface area contributed by atoms with E-state index in [4.69, 9.17) is 36.7 Å². The van der Waals surface area contributed by atoms with Gasteiger partial charge in [0.2, 0.25) is 0 Å². The maximum absolute atomic E-state index is 6.25. The van der Waals surface area contributed by atoms with Gasteiger partial charge in [0.05, 0.1) is 0 Å². The van der Waals surface area contributed by atoms with E-state index in [9.17, 15) is 0 Å². The molecule has 1 aromatic rings. The van der Waals surface area contributed by atoms with Gasteiger partial charge in [-0.15, -0.1) is 0 Å². The van der Waals surface area contributed by atoms with Gasteiger partial charge in [0, 0.05) is 56.0 Å². The second kappa shape index (κ2) is 28.8. The van der Waals surface area contributed by atoms with Crippen LogP contribution in [0.2, 0.25) is 0 Å². The Balaban J connectivity index is 3.59. The van der Waals surface area contributed by atoms with Crippen molar-refractivity contribution < 1.29 is 0 Å². The minimum Gasteiger partial charge on any atom is -0.362 e. The van der Waals surface area contributed by atoms with E-state index in [1.807, 2.05) is 0 Å². The zero-order valence-electron chi connectivity index (χ0n) is 27.0. The smallest absolute Gasteiger partial charge is 0.109 e. The Morgan fingerprint density at radius 3 is 0.689 bits per heavy atom. The molecule has 1 rings (SSSR count). The van der Waals surface area contributed by atoms with Crippen LogP contribution < -0.4 is 0 Å². The number of unbranched alkanes of at least 4 members (excludes halogenated alkanes) is 6. The Bertz CT molecular complexity index is 802. The van der Waals surface area contributed by atoms with Gasteiger partial charge in [0.25, 0.3) is 0 Å². The minimum absolute atomic E-state index is 0.871. The molecule has 0 radical (unpaired) electrons. The number of hydrogen-bond donors (Lipinski definition) is 6. The van der Waals surface area contributed by atoms with Crippen molar-refractivity contribution in [2.24, 2.45) is 0 Å². The molecule has 0 aliphatic rings. The van der Waals surface area contributed by atoms with Crippen LogP contribution >= 0.6 is 112 Å². The Labute approximate surface area is 325 Å². The lowest BCUT2D eigenvalue weighted by Crippen LogP contribution is -2.35. The molecule has 0 aliphatic heterocycles. The van der Waals surface area contributed by atoms with Gasteiger partial charge in [0.1, 0.15) is 15.0 Å². The Morgan fingerprint density at radius 2 is 0.533 bits per heavy atom. The van der Waals surface area contributed by atoms with Crippen molar-refractivity contribution in [2.45, 2.75) is 77.0 Å². The zero-order chi connectivity index (χ0) is 33.3. The van der Waals surface area contributed by atoms with Crippen LogP contribution in [0.15, 0.2) is 18.2 Å². The third kappa shape index (κ3) is 18.5. The summed E-state index contributed by atoms with van der Waals surface area (Å²) < 4.78 is 0. The number of thiol groups is 6. The van der Waals surface area contributed by atoms with Crippen molar-refractivity contribution in [3.8, 4) is 0 Å². The molecule has 0 fully saturated rings. The molecule has 0 saturated carbocycles. The van der Waals surface area contributed by atoms with E-state index < -0.39 is 0 Å². The monoisotopic (exact) mass is 783 g/mol. The summed E-state index contributed by atoms with van der Waals surface area (Å²) in [6, 6.07) is 6.62. The quantitative estimate of drug-likeness (QED) is 0.0301. The Hall–Kier alpha value is 0.990. The maximum Gasteiger partial charge on any atom is 0.109 e. The van der Waals surface area contributed by atoms with Crippen LogP contribution in [-0.4, -0.2) is 103 Å². The maximum atomic E-state index is 6.25. The van der Waals surface area contributed by atoms with Gasteiger partial charge in [-0.1, -0.05) is 36.7 Å². The van der Waals surface area contributed by atoms with Gasteiger partial charge < -0.3 is 14.7 Å². The van der Waals surface area contributed by atoms with E-state index in [1.165, 1.54) is 0 Å². The third-order valence-electron chi connectivity index (χ3n) is 7.55. The highest BCUT2D eigenvalue weighted by Gasteiger charge is 2.20. The summed E-state index contributed by atoms with van der Waals surface area (Å²) in [6.45, 7) is 5.50. The summed E-state index contributed by atoms with van der Waals surface area (Å²) in [7, 11) is 0. The second-order valence-corrected chi connectivity index (χ2v) is 15.1. The van der Waals surface area contributed by atoms with E-state index in [0.29, 0.717) is 0 Å². The lowest BCUT2D eigenvalue weighted by molar-refractivity contribution is 0.404. The zero-order valence-corrected chi connectivity index (χ0v) is 34.8. The molecule has 0 saturated heterocycles. The van der Waals surface area contributed by atoms with Gasteiger partial charge in [-0.3, -0.25) is 0 Å². The van der Waals surface area contributed by atoms with Crippen LogP contribution in [-0.2, 0) is 0 Å². The largest absolute Gasteiger partial charge is 0.362 e. The summed E-state index contributed by atoms with van der Waals surface area (Å²) in [4.78, 5) is 9.71. The van der Waals surface area contributed by atoms with Crippen LogP contribution in [0, 0.1) is 0 Å². The number of nitrogens with zero attached hydrogens (tertiary/aromatic N) is 3. The molecule has 1 aromatic carbocycles. The minimum atomic E-state index is 0.871. The van der Waals surface area contributed by atoms with Gasteiger partial charge in [-0.2, -0.15) is 75.8 Å². The van der Waals surface area contributed by atoms with Gasteiger partial charge in [-0.05, 0) is 130 Å². The molecule has 0 unspecified atom stereocenters. The second-order valence-electron chi connectivity index (χ2n) is 11.3. The Morgan fingerprint density at radius 1 is 0.356 bits per heavy atom. The molecule has 45 heavy (non-hydrogen) atoms. The first-order chi connectivity index (χ1) is 21.9. The highest BCUT2D eigenvalue weighted by atomic mass is 32.1. The van der Waals surface area contributed by atoms with Crippen molar-refractivity contribution in [2.75, 3.05) is 73.8 Å². The fraction of sp³-hybridized carbons (Fsp3) is 0.727. The van der Waals surface area contributed by atoms with E-state index in [1.54, 1.807) is 0 Å². The first-order valence-corrected chi connectivity index (χ1v) is 21.6. The van der Waals surface area contributed by atoms with Crippen LogP contribution in [0.25, 0.3) is 0 Å². The van der Waals surface area contributed by atoms with Crippen molar-refractivity contribution in [3.05, 3.63) is 34.9 Å². The SMILES string of the molecule is S=C(c1cc(C(=S)N(CCCCS)CCCCS)cc(C(=S)N(CCCCS)CCCCS)c1)N(CCCCS)CCCCS. The topological polar surface area (TPSA) is 9.72 Å². The van der Waals surface area contributed by atoms with Crippen molar-refractivity contribution in [1.82, 2.24) is 14.7 Å². The summed E-state index contributed by atoms with van der Waals surface area (Å²) in [5.41, 5.74) is 3.07. The third-order valence-corrected chi connectivity index (χ3v) is 10.9. The molecule has 0 N–H and O–H groups in total. The van der Waals surface area contributed by atoms with E-state index in [2.05, 4.69) is 109 Å². The summed E-state index contributed by atoms with van der Waals surface area (Å²) >= 11 is 45.4. The molecule has 12 heteroatoms. The average molecular weight is 784 g/mol. The molecule has 0 aromatic heterocycles. The molecular formula is C33H57N3S9. The molecule has 0 aliphatic carbocycles. The number of benzene rings is 1.